The number of nitro benzene ring substituents is 1. The largest absolute Gasteiger partial charge is 0.504 e. The van der Waals surface area contributed by atoms with Crippen molar-refractivity contribution in [3.05, 3.63) is 27.8 Å². The van der Waals surface area contributed by atoms with Crippen LogP contribution in [-0.2, 0) is 0 Å². The Morgan fingerprint density at radius 1 is 1.50 bits per heavy atom. The van der Waals surface area contributed by atoms with Gasteiger partial charge in [-0.25, -0.2) is 0 Å². The summed E-state index contributed by atoms with van der Waals surface area (Å²) in [6.07, 6.45) is -6.04. The number of nitrogens with zero attached hydrogens (tertiary/aromatic N) is 1. The number of nitrogens with two attached hydrogens (primary N) is 1. The normalized spacial score (nSPS) is 13.1. The molecule has 1 rings (SSSR count). The minimum Gasteiger partial charge on any atom is -0.504 e. The van der Waals surface area contributed by atoms with E-state index in [9.17, 15) is 28.4 Å². The first-order valence-corrected chi connectivity index (χ1v) is 5.53. The third kappa shape index (κ3) is 3.98. The highest BCUT2D eigenvalue weighted by atomic mass is 19.4. The molecule has 112 valence electrons. The van der Waals surface area contributed by atoms with E-state index in [2.05, 4.69) is 0 Å². The zero-order chi connectivity index (χ0) is 15.5. The molecular weight excluding hydrogens is 281 g/mol. The van der Waals surface area contributed by atoms with Crippen molar-refractivity contribution in [1.82, 2.24) is 0 Å². The van der Waals surface area contributed by atoms with Crippen molar-refractivity contribution < 1.29 is 27.9 Å². The first-order valence-electron chi connectivity index (χ1n) is 5.53. The van der Waals surface area contributed by atoms with Crippen molar-refractivity contribution in [3.8, 4) is 11.5 Å². The van der Waals surface area contributed by atoms with Gasteiger partial charge in [0.05, 0.1) is 18.1 Å². The fourth-order valence-electron chi connectivity index (χ4n) is 1.63. The standard InChI is InChI=1S/C11H13F3N2O4/c1-20-9-5-6(16(18)19)4-7(10(9)17)8(15)2-3-11(12,13)14/h4-5,8,17H,2-3,15H2,1H3/t8-/m0/s1. The topological polar surface area (TPSA) is 98.6 Å². The summed E-state index contributed by atoms with van der Waals surface area (Å²) in [6.45, 7) is 0. The highest BCUT2D eigenvalue weighted by Crippen LogP contribution is 2.39. The lowest BCUT2D eigenvalue weighted by atomic mass is 10.0. The zero-order valence-corrected chi connectivity index (χ0v) is 10.5. The third-order valence-electron chi connectivity index (χ3n) is 2.66. The van der Waals surface area contributed by atoms with Crippen LogP contribution in [0.4, 0.5) is 18.9 Å². The van der Waals surface area contributed by atoms with E-state index in [1.54, 1.807) is 0 Å². The number of nitro groups is 1. The molecule has 9 heteroatoms. The summed E-state index contributed by atoms with van der Waals surface area (Å²) in [7, 11) is 1.17. The summed E-state index contributed by atoms with van der Waals surface area (Å²) in [5.41, 5.74) is 4.99. The third-order valence-corrected chi connectivity index (χ3v) is 2.66. The quantitative estimate of drug-likeness (QED) is 0.642. The SMILES string of the molecule is COc1cc([N+](=O)[O-])cc([C@@H](N)CCC(F)(F)F)c1O. The number of alkyl halides is 3. The Labute approximate surface area is 112 Å². The number of hydrogen-bond donors (Lipinski definition) is 2. The van der Waals surface area contributed by atoms with E-state index in [1.807, 2.05) is 0 Å². The van der Waals surface area contributed by atoms with Crippen LogP contribution < -0.4 is 10.5 Å². The molecule has 3 N–H and O–H groups in total. The minimum absolute atomic E-state index is 0.152. The maximum Gasteiger partial charge on any atom is 0.389 e. The van der Waals surface area contributed by atoms with Crippen molar-refractivity contribution in [3.63, 3.8) is 0 Å². The summed E-state index contributed by atoms with van der Waals surface area (Å²) < 4.78 is 41.1. The molecule has 0 unspecified atom stereocenters. The predicted octanol–water partition coefficient (Wildman–Crippen LogP) is 2.65. The molecular formula is C11H13F3N2O4. The van der Waals surface area contributed by atoms with Gasteiger partial charge in [-0.05, 0) is 6.42 Å². The number of phenols is 1. The molecule has 0 spiro atoms. The van der Waals surface area contributed by atoms with Gasteiger partial charge in [0.15, 0.2) is 11.5 Å². The molecule has 1 aromatic rings. The van der Waals surface area contributed by atoms with Gasteiger partial charge in [0.1, 0.15) is 0 Å². The Balaban J connectivity index is 3.09. The number of methoxy groups -OCH3 is 1. The van der Waals surface area contributed by atoms with Gasteiger partial charge in [-0.3, -0.25) is 10.1 Å². The number of benzene rings is 1. The maximum atomic E-state index is 12.1. The van der Waals surface area contributed by atoms with Gasteiger partial charge < -0.3 is 15.6 Å². The Morgan fingerprint density at radius 3 is 2.55 bits per heavy atom. The highest BCUT2D eigenvalue weighted by Gasteiger charge is 2.29. The average molecular weight is 294 g/mol. The second kappa shape index (κ2) is 5.95. The van der Waals surface area contributed by atoms with Crippen molar-refractivity contribution in [2.45, 2.75) is 25.1 Å². The van der Waals surface area contributed by atoms with Gasteiger partial charge >= 0.3 is 6.18 Å². The van der Waals surface area contributed by atoms with Crippen LogP contribution in [0.3, 0.4) is 0 Å². The second-order valence-corrected chi connectivity index (χ2v) is 4.10. The summed E-state index contributed by atoms with van der Waals surface area (Å²) in [4.78, 5) is 9.97. The van der Waals surface area contributed by atoms with Gasteiger partial charge in [-0.2, -0.15) is 13.2 Å². The first-order chi connectivity index (χ1) is 9.15. The van der Waals surface area contributed by atoms with Crippen LogP contribution >= 0.6 is 0 Å². The molecule has 0 aliphatic heterocycles. The van der Waals surface area contributed by atoms with Crippen molar-refractivity contribution >= 4 is 5.69 Å². The van der Waals surface area contributed by atoms with E-state index in [0.29, 0.717) is 0 Å². The number of aromatic hydroxyl groups is 1. The summed E-state index contributed by atoms with van der Waals surface area (Å²) in [6, 6.07) is 0.721. The Bertz CT molecular complexity index is 505. The van der Waals surface area contributed by atoms with E-state index in [1.165, 1.54) is 7.11 Å². The molecule has 0 amide bonds. The molecule has 0 radical (unpaired) electrons. The van der Waals surface area contributed by atoms with Gasteiger partial charge in [0.2, 0.25) is 0 Å². The Morgan fingerprint density at radius 2 is 2.10 bits per heavy atom. The molecule has 6 nitrogen and oxygen atoms in total. The minimum atomic E-state index is -4.39. The van der Waals surface area contributed by atoms with Crippen LogP contribution in [0.15, 0.2) is 12.1 Å². The molecule has 0 bridgehead atoms. The van der Waals surface area contributed by atoms with Crippen molar-refractivity contribution in [1.29, 1.82) is 0 Å². The number of rotatable bonds is 5. The number of halogens is 3. The zero-order valence-electron chi connectivity index (χ0n) is 10.5. The lowest BCUT2D eigenvalue weighted by Gasteiger charge is -2.16. The first kappa shape index (κ1) is 16.0. The Hall–Kier alpha value is -2.03. The van der Waals surface area contributed by atoms with Crippen molar-refractivity contribution in [2.24, 2.45) is 5.73 Å². The predicted molar refractivity (Wildman–Crippen MR) is 63.5 cm³/mol. The molecule has 0 heterocycles. The van der Waals surface area contributed by atoms with Crippen LogP contribution in [0, 0.1) is 10.1 Å². The second-order valence-electron chi connectivity index (χ2n) is 4.10. The summed E-state index contributed by atoms with van der Waals surface area (Å²) in [5.74, 6) is -0.704. The molecule has 20 heavy (non-hydrogen) atoms. The monoisotopic (exact) mass is 294 g/mol. The molecule has 0 aliphatic rings. The summed E-state index contributed by atoms with van der Waals surface area (Å²) >= 11 is 0. The molecule has 0 fully saturated rings. The van der Waals surface area contributed by atoms with Gasteiger partial charge in [-0.15, -0.1) is 0 Å². The maximum absolute atomic E-state index is 12.1. The number of ether oxygens (including phenoxy) is 1. The van der Waals surface area contributed by atoms with Crippen LogP contribution in [-0.4, -0.2) is 23.3 Å². The molecule has 0 aliphatic carbocycles. The lowest BCUT2D eigenvalue weighted by Crippen LogP contribution is -2.16. The van der Waals surface area contributed by atoms with Gasteiger partial charge in [-0.1, -0.05) is 0 Å². The van der Waals surface area contributed by atoms with E-state index in [0.717, 1.165) is 12.1 Å². The molecule has 0 aromatic heterocycles. The average Bonchev–Trinajstić information content (AvgIpc) is 2.35. The number of phenolic OH excluding ortho intramolecular Hbond substituents is 1. The molecule has 0 saturated heterocycles. The van der Waals surface area contributed by atoms with Crippen molar-refractivity contribution in [2.75, 3.05) is 7.11 Å². The Kier molecular flexibility index (Phi) is 4.77. The van der Waals surface area contributed by atoms with Gasteiger partial charge in [0, 0.05) is 24.1 Å². The molecule has 1 aromatic carbocycles. The lowest BCUT2D eigenvalue weighted by molar-refractivity contribution is -0.385. The van der Waals surface area contributed by atoms with Crippen LogP contribution in [0.5, 0.6) is 11.5 Å². The smallest absolute Gasteiger partial charge is 0.389 e. The highest BCUT2D eigenvalue weighted by molar-refractivity contribution is 5.54. The van der Waals surface area contributed by atoms with E-state index < -0.39 is 41.4 Å². The molecule has 1 atom stereocenters. The fourth-order valence-corrected chi connectivity index (χ4v) is 1.63. The van der Waals surface area contributed by atoms with E-state index in [4.69, 9.17) is 10.5 Å². The van der Waals surface area contributed by atoms with Crippen LogP contribution in [0.25, 0.3) is 0 Å². The van der Waals surface area contributed by atoms with Gasteiger partial charge in [0.25, 0.3) is 5.69 Å². The van der Waals surface area contributed by atoms with E-state index >= 15 is 0 Å². The number of non-ortho nitro benzene ring substituents is 1. The molecule has 0 saturated carbocycles. The van der Waals surface area contributed by atoms with Crippen LogP contribution in [0.2, 0.25) is 0 Å². The summed E-state index contributed by atoms with van der Waals surface area (Å²) in [5, 5.41) is 20.5. The van der Waals surface area contributed by atoms with E-state index in [-0.39, 0.29) is 11.3 Å². The van der Waals surface area contributed by atoms with Crippen LogP contribution in [0.1, 0.15) is 24.4 Å². The fraction of sp³-hybridized carbons (Fsp3) is 0.455. The number of hydrogen-bond acceptors (Lipinski definition) is 5.